The van der Waals surface area contributed by atoms with E-state index in [2.05, 4.69) is 24.4 Å². The number of benzene rings is 1. The molecule has 1 aromatic carbocycles. The van der Waals surface area contributed by atoms with Crippen LogP contribution in [0.25, 0.3) is 0 Å². The molecule has 1 unspecified atom stereocenters. The van der Waals surface area contributed by atoms with Crippen LogP contribution in [0, 0.1) is 20.8 Å². The van der Waals surface area contributed by atoms with Gasteiger partial charge in [0.05, 0.1) is 6.04 Å². The molecule has 0 saturated carbocycles. The summed E-state index contributed by atoms with van der Waals surface area (Å²) in [7, 11) is 0. The van der Waals surface area contributed by atoms with Gasteiger partial charge >= 0.3 is 0 Å². The van der Waals surface area contributed by atoms with Gasteiger partial charge in [-0.25, -0.2) is 0 Å². The van der Waals surface area contributed by atoms with Gasteiger partial charge in [-0.3, -0.25) is 4.79 Å². The van der Waals surface area contributed by atoms with Crippen LogP contribution in [0.1, 0.15) is 47.3 Å². The second-order valence-electron chi connectivity index (χ2n) is 4.66. The fraction of sp³-hybridized carbons (Fsp3) is 0.533. The van der Waals surface area contributed by atoms with E-state index in [-0.39, 0.29) is 11.8 Å². The molecule has 0 aliphatic rings. The first kappa shape index (κ1) is 13.9. The van der Waals surface area contributed by atoms with E-state index in [0.29, 0.717) is 0 Å². The Bertz CT molecular complexity index is 386. The van der Waals surface area contributed by atoms with Crippen molar-refractivity contribution in [3.8, 4) is 0 Å². The SMILES string of the molecule is CCNC(CC)C(=O)c1c(C)cc(C)cc1C. The van der Waals surface area contributed by atoms with E-state index in [1.165, 1.54) is 5.56 Å². The van der Waals surface area contributed by atoms with Crippen molar-refractivity contribution in [2.75, 3.05) is 6.54 Å². The van der Waals surface area contributed by atoms with Crippen LogP contribution in [0.15, 0.2) is 12.1 Å². The van der Waals surface area contributed by atoms with E-state index < -0.39 is 0 Å². The van der Waals surface area contributed by atoms with E-state index in [1.807, 2.05) is 27.7 Å². The van der Waals surface area contributed by atoms with Crippen LogP contribution in [-0.4, -0.2) is 18.4 Å². The summed E-state index contributed by atoms with van der Waals surface area (Å²) in [5.41, 5.74) is 4.28. The van der Waals surface area contributed by atoms with Crippen molar-refractivity contribution in [1.29, 1.82) is 0 Å². The molecule has 0 aliphatic heterocycles. The highest BCUT2D eigenvalue weighted by Gasteiger charge is 2.20. The lowest BCUT2D eigenvalue weighted by molar-refractivity contribution is 0.0940. The van der Waals surface area contributed by atoms with Crippen molar-refractivity contribution in [2.45, 2.75) is 47.1 Å². The van der Waals surface area contributed by atoms with Crippen LogP contribution < -0.4 is 5.32 Å². The summed E-state index contributed by atoms with van der Waals surface area (Å²) < 4.78 is 0. The number of aryl methyl sites for hydroxylation is 3. The predicted molar refractivity (Wildman–Crippen MR) is 72.7 cm³/mol. The largest absolute Gasteiger partial charge is 0.307 e. The van der Waals surface area contributed by atoms with Crippen LogP contribution >= 0.6 is 0 Å². The maximum Gasteiger partial charge on any atom is 0.180 e. The van der Waals surface area contributed by atoms with Crippen LogP contribution in [0.3, 0.4) is 0 Å². The molecule has 0 aliphatic carbocycles. The quantitative estimate of drug-likeness (QED) is 0.791. The van der Waals surface area contributed by atoms with Crippen molar-refractivity contribution in [3.05, 3.63) is 34.4 Å². The zero-order chi connectivity index (χ0) is 13.0. The number of carbonyl (C=O) groups is 1. The Balaban J connectivity index is 3.11. The minimum absolute atomic E-state index is 0.0555. The van der Waals surface area contributed by atoms with Crippen LogP contribution in [0.4, 0.5) is 0 Å². The van der Waals surface area contributed by atoms with Crippen LogP contribution in [-0.2, 0) is 0 Å². The number of hydrogen-bond acceptors (Lipinski definition) is 2. The maximum absolute atomic E-state index is 12.5. The van der Waals surface area contributed by atoms with Crippen molar-refractivity contribution in [3.63, 3.8) is 0 Å². The molecule has 0 aromatic heterocycles. The van der Waals surface area contributed by atoms with E-state index in [9.17, 15) is 4.79 Å². The Labute approximate surface area is 104 Å². The smallest absolute Gasteiger partial charge is 0.180 e. The third kappa shape index (κ3) is 3.16. The molecule has 17 heavy (non-hydrogen) atoms. The molecule has 2 heteroatoms. The summed E-state index contributed by atoms with van der Waals surface area (Å²) in [4.78, 5) is 12.5. The molecular formula is C15H23NO. The molecule has 0 radical (unpaired) electrons. The fourth-order valence-electron chi connectivity index (χ4n) is 2.41. The summed E-state index contributed by atoms with van der Waals surface area (Å²) in [5, 5.41) is 3.25. The zero-order valence-corrected chi connectivity index (χ0v) is 11.6. The van der Waals surface area contributed by atoms with Gasteiger partial charge in [-0.1, -0.05) is 31.5 Å². The third-order valence-corrected chi connectivity index (χ3v) is 3.10. The second kappa shape index (κ2) is 5.97. The molecular weight excluding hydrogens is 210 g/mol. The minimum atomic E-state index is -0.0555. The molecule has 1 N–H and O–H groups in total. The summed E-state index contributed by atoms with van der Waals surface area (Å²) in [6.45, 7) is 11.0. The average Bonchev–Trinajstić information content (AvgIpc) is 2.24. The van der Waals surface area contributed by atoms with Gasteiger partial charge in [0.1, 0.15) is 0 Å². The lowest BCUT2D eigenvalue weighted by Gasteiger charge is -2.18. The summed E-state index contributed by atoms with van der Waals surface area (Å²) in [6, 6.07) is 4.11. The number of nitrogens with one attached hydrogen (secondary N) is 1. The molecule has 1 atom stereocenters. The normalized spacial score (nSPS) is 12.5. The fourth-order valence-corrected chi connectivity index (χ4v) is 2.41. The Kier molecular flexibility index (Phi) is 4.88. The molecule has 0 spiro atoms. The van der Waals surface area contributed by atoms with Crippen LogP contribution in [0.5, 0.6) is 0 Å². The number of ketones is 1. The van der Waals surface area contributed by atoms with E-state index in [0.717, 1.165) is 29.7 Å². The average molecular weight is 233 g/mol. The lowest BCUT2D eigenvalue weighted by Crippen LogP contribution is -2.36. The maximum atomic E-state index is 12.5. The molecule has 1 rings (SSSR count). The predicted octanol–water partition coefficient (Wildman–Crippen LogP) is 3.18. The monoisotopic (exact) mass is 233 g/mol. The molecule has 0 amide bonds. The first-order valence-corrected chi connectivity index (χ1v) is 6.36. The number of Topliss-reactive ketones (excluding diaryl/α,β-unsaturated/α-hetero) is 1. The Morgan fingerprint density at radius 1 is 1.18 bits per heavy atom. The van der Waals surface area contributed by atoms with Crippen molar-refractivity contribution in [2.24, 2.45) is 0 Å². The Hall–Kier alpha value is -1.15. The third-order valence-electron chi connectivity index (χ3n) is 3.10. The summed E-state index contributed by atoms with van der Waals surface area (Å²) in [5.74, 6) is 0.226. The molecule has 0 saturated heterocycles. The van der Waals surface area contributed by atoms with Gasteiger partial charge in [0.25, 0.3) is 0 Å². The number of rotatable bonds is 5. The van der Waals surface area contributed by atoms with Gasteiger partial charge in [-0.2, -0.15) is 0 Å². The summed E-state index contributed by atoms with van der Waals surface area (Å²) >= 11 is 0. The lowest BCUT2D eigenvalue weighted by atomic mass is 9.92. The highest BCUT2D eigenvalue weighted by Crippen LogP contribution is 2.19. The molecule has 2 nitrogen and oxygen atoms in total. The number of carbonyl (C=O) groups excluding carboxylic acids is 1. The van der Waals surface area contributed by atoms with E-state index in [4.69, 9.17) is 0 Å². The van der Waals surface area contributed by atoms with Gasteiger partial charge in [-0.05, 0) is 44.9 Å². The topological polar surface area (TPSA) is 29.1 Å². The number of hydrogen-bond donors (Lipinski definition) is 1. The number of likely N-dealkylation sites (N-methyl/N-ethyl adjacent to an activating group) is 1. The van der Waals surface area contributed by atoms with Crippen LogP contribution in [0.2, 0.25) is 0 Å². The molecule has 0 heterocycles. The Morgan fingerprint density at radius 2 is 1.71 bits per heavy atom. The summed E-state index contributed by atoms with van der Waals surface area (Å²) in [6.07, 6.45) is 0.833. The molecule has 1 aromatic rings. The first-order valence-electron chi connectivity index (χ1n) is 6.36. The van der Waals surface area contributed by atoms with E-state index in [1.54, 1.807) is 0 Å². The molecule has 94 valence electrons. The standard InChI is InChI=1S/C15H23NO/c1-6-13(16-7-2)15(17)14-11(4)8-10(3)9-12(14)5/h8-9,13,16H,6-7H2,1-5H3. The van der Waals surface area contributed by atoms with Crippen molar-refractivity contribution < 1.29 is 4.79 Å². The van der Waals surface area contributed by atoms with Gasteiger partial charge in [-0.15, -0.1) is 0 Å². The minimum Gasteiger partial charge on any atom is -0.307 e. The zero-order valence-electron chi connectivity index (χ0n) is 11.6. The highest BCUT2D eigenvalue weighted by atomic mass is 16.1. The first-order chi connectivity index (χ1) is 8.01. The van der Waals surface area contributed by atoms with Crippen molar-refractivity contribution in [1.82, 2.24) is 5.32 Å². The molecule has 0 fully saturated rings. The van der Waals surface area contributed by atoms with E-state index >= 15 is 0 Å². The molecule has 0 bridgehead atoms. The highest BCUT2D eigenvalue weighted by molar-refractivity contribution is 6.02. The van der Waals surface area contributed by atoms with Gasteiger partial charge in [0.2, 0.25) is 0 Å². The second-order valence-corrected chi connectivity index (χ2v) is 4.66. The van der Waals surface area contributed by atoms with Gasteiger partial charge < -0.3 is 5.32 Å². The van der Waals surface area contributed by atoms with Crippen molar-refractivity contribution >= 4 is 5.78 Å². The van der Waals surface area contributed by atoms with Gasteiger partial charge in [0, 0.05) is 5.56 Å². The van der Waals surface area contributed by atoms with Gasteiger partial charge in [0.15, 0.2) is 5.78 Å². The Morgan fingerprint density at radius 3 is 2.12 bits per heavy atom.